The largest absolute Gasteiger partial charge is 0.462 e. The molecule has 1 aliphatic carbocycles. The minimum Gasteiger partial charge on any atom is -0.462 e. The Bertz CT molecular complexity index is 983. The van der Waals surface area contributed by atoms with Crippen molar-refractivity contribution in [1.82, 2.24) is 9.97 Å². The van der Waals surface area contributed by atoms with Crippen LogP contribution in [0.5, 0.6) is 0 Å². The summed E-state index contributed by atoms with van der Waals surface area (Å²) in [5, 5.41) is -0.802. The third-order valence-corrected chi connectivity index (χ3v) is 5.02. The summed E-state index contributed by atoms with van der Waals surface area (Å²) in [6, 6.07) is 0.535. The van der Waals surface area contributed by atoms with Crippen LogP contribution in [0.15, 0.2) is 34.4 Å². The van der Waals surface area contributed by atoms with E-state index in [1.165, 1.54) is 0 Å². The fraction of sp³-hybridized carbons (Fsp3) is 0.389. The van der Waals surface area contributed by atoms with Gasteiger partial charge in [-0.2, -0.15) is 39.5 Å². The zero-order valence-electron chi connectivity index (χ0n) is 15.5. The summed E-state index contributed by atoms with van der Waals surface area (Å²) in [6.07, 6.45) is -13.4. The van der Waals surface area contributed by atoms with E-state index < -0.39 is 56.9 Å². The van der Waals surface area contributed by atoms with Crippen LogP contribution in [0.3, 0.4) is 0 Å². The molecule has 1 aromatic heterocycles. The maximum absolute atomic E-state index is 13.4. The Balaban J connectivity index is 1.95. The number of carbonyl (C=O) groups is 1. The van der Waals surface area contributed by atoms with Crippen LogP contribution in [0.1, 0.15) is 40.0 Å². The number of nitrogens with zero attached hydrogens (tertiary/aromatic N) is 2. The molecule has 1 fully saturated rings. The topological polar surface area (TPSA) is 52.1 Å². The first-order valence-corrected chi connectivity index (χ1v) is 9.55. The number of esters is 1. The smallest absolute Gasteiger partial charge is 0.434 e. The average molecular weight is 490 g/mol. The number of aromatic nitrogens is 2. The first-order valence-electron chi connectivity index (χ1n) is 8.73. The number of halogens is 9. The molecule has 32 heavy (non-hydrogen) atoms. The molecular weight excluding hydrogens is 479 g/mol. The Morgan fingerprint density at radius 1 is 0.938 bits per heavy atom. The van der Waals surface area contributed by atoms with Gasteiger partial charge in [0.25, 0.3) is 0 Å². The molecule has 1 aromatic carbocycles. The highest BCUT2D eigenvalue weighted by atomic mass is 32.2. The summed E-state index contributed by atoms with van der Waals surface area (Å²) >= 11 is 0.0528. The Morgan fingerprint density at radius 3 is 1.97 bits per heavy atom. The molecule has 3 rings (SSSR count). The average Bonchev–Trinajstić information content (AvgIpc) is 3.48. The van der Waals surface area contributed by atoms with Gasteiger partial charge in [-0.05, 0) is 48.7 Å². The molecule has 0 N–H and O–H groups in total. The van der Waals surface area contributed by atoms with Gasteiger partial charge in [-0.15, -0.1) is 0 Å². The Kier molecular flexibility index (Phi) is 6.37. The van der Waals surface area contributed by atoms with Gasteiger partial charge in [0, 0.05) is 11.1 Å². The molecule has 0 amide bonds. The zero-order valence-corrected chi connectivity index (χ0v) is 16.3. The molecule has 0 saturated heterocycles. The molecule has 1 aliphatic rings. The molecule has 14 heteroatoms. The van der Waals surface area contributed by atoms with Crippen LogP contribution >= 0.6 is 11.8 Å². The highest BCUT2D eigenvalue weighted by molar-refractivity contribution is 7.99. The van der Waals surface area contributed by atoms with E-state index in [1.807, 2.05) is 0 Å². The van der Waals surface area contributed by atoms with E-state index in [1.54, 1.807) is 0 Å². The molecule has 2 aromatic rings. The van der Waals surface area contributed by atoms with Gasteiger partial charge in [0.05, 0.1) is 17.7 Å². The molecule has 0 spiro atoms. The highest BCUT2D eigenvalue weighted by Crippen LogP contribution is 2.40. The van der Waals surface area contributed by atoms with E-state index in [4.69, 9.17) is 4.74 Å². The van der Waals surface area contributed by atoms with Crippen LogP contribution in [-0.2, 0) is 23.3 Å². The van der Waals surface area contributed by atoms with Crippen molar-refractivity contribution < 1.29 is 49.0 Å². The second-order valence-corrected chi connectivity index (χ2v) is 7.84. The number of hydrogen-bond donors (Lipinski definition) is 0. The molecule has 0 radical (unpaired) electrons. The SMILES string of the molecule is O=C(OCC1CC1)c1cnc(Sc2cc(C(F)(F)F)cc(C(F)(F)F)c2)nc1C(F)(F)F. The van der Waals surface area contributed by atoms with Gasteiger partial charge in [0.2, 0.25) is 0 Å². The number of rotatable bonds is 5. The predicted octanol–water partition coefficient (Wildman–Crippen LogP) is 6.25. The molecule has 0 unspecified atom stereocenters. The monoisotopic (exact) mass is 490 g/mol. The second kappa shape index (κ2) is 8.45. The minimum absolute atomic E-state index is 0.0528. The normalized spacial score (nSPS) is 15.0. The Labute approximate surface area is 178 Å². The summed E-state index contributed by atoms with van der Waals surface area (Å²) in [4.78, 5) is 17.9. The third-order valence-electron chi connectivity index (χ3n) is 4.17. The number of hydrogen-bond acceptors (Lipinski definition) is 5. The van der Waals surface area contributed by atoms with E-state index >= 15 is 0 Å². The minimum atomic E-state index is -5.16. The molecule has 4 nitrogen and oxygen atoms in total. The maximum Gasteiger partial charge on any atom is 0.434 e. The predicted molar refractivity (Wildman–Crippen MR) is 90.6 cm³/mol. The van der Waals surface area contributed by atoms with Crippen LogP contribution in [0.25, 0.3) is 0 Å². The molecule has 0 atom stereocenters. The molecule has 0 bridgehead atoms. The standard InChI is InChI=1S/C18H11F9N2O2S/c19-16(20,21)9-3-10(17(22,23)24)5-11(4-9)32-15-28-6-12(13(29-15)18(25,26)27)14(30)31-7-8-1-2-8/h3-6,8H,1-2,7H2. The van der Waals surface area contributed by atoms with Gasteiger partial charge >= 0.3 is 24.5 Å². The number of carbonyl (C=O) groups excluding carboxylic acids is 1. The first kappa shape index (κ1) is 24.1. The van der Waals surface area contributed by atoms with Crippen molar-refractivity contribution in [2.75, 3.05) is 6.61 Å². The fourth-order valence-electron chi connectivity index (χ4n) is 2.43. The summed E-state index contributed by atoms with van der Waals surface area (Å²) in [5.41, 5.74) is -6.02. The van der Waals surface area contributed by atoms with Crippen LogP contribution in [0.2, 0.25) is 0 Å². The number of alkyl halides is 9. The summed E-state index contributed by atoms with van der Waals surface area (Å²) in [6.45, 7) is -0.0862. The molecule has 174 valence electrons. The lowest BCUT2D eigenvalue weighted by Crippen LogP contribution is -2.19. The van der Waals surface area contributed by atoms with Crippen molar-refractivity contribution in [3.05, 3.63) is 46.8 Å². The van der Waals surface area contributed by atoms with Crippen molar-refractivity contribution in [2.45, 2.75) is 41.4 Å². The van der Waals surface area contributed by atoms with Gasteiger partial charge in [0.15, 0.2) is 10.9 Å². The van der Waals surface area contributed by atoms with Crippen LogP contribution < -0.4 is 0 Å². The van der Waals surface area contributed by atoms with E-state index in [0.717, 1.165) is 12.8 Å². The Morgan fingerprint density at radius 2 is 1.50 bits per heavy atom. The fourth-order valence-corrected chi connectivity index (χ4v) is 3.25. The summed E-state index contributed by atoms with van der Waals surface area (Å²) in [5.74, 6) is -1.27. The van der Waals surface area contributed by atoms with Crippen LogP contribution in [0.4, 0.5) is 39.5 Å². The van der Waals surface area contributed by atoms with Crippen molar-refractivity contribution in [3.8, 4) is 0 Å². The van der Waals surface area contributed by atoms with Crippen molar-refractivity contribution in [1.29, 1.82) is 0 Å². The van der Waals surface area contributed by atoms with E-state index in [0.29, 0.717) is 18.3 Å². The molecular formula is C18H11F9N2O2S. The van der Waals surface area contributed by atoms with Gasteiger partial charge in [-0.25, -0.2) is 14.8 Å². The molecule has 0 aliphatic heterocycles. The summed E-state index contributed by atoms with van der Waals surface area (Å²) in [7, 11) is 0. The van der Waals surface area contributed by atoms with E-state index in [-0.39, 0.29) is 30.4 Å². The zero-order chi connectivity index (χ0) is 23.9. The van der Waals surface area contributed by atoms with Crippen molar-refractivity contribution in [2.24, 2.45) is 5.92 Å². The van der Waals surface area contributed by atoms with Crippen LogP contribution in [0, 0.1) is 5.92 Å². The van der Waals surface area contributed by atoms with Crippen molar-refractivity contribution >= 4 is 17.7 Å². The molecule has 1 saturated carbocycles. The van der Waals surface area contributed by atoms with Gasteiger partial charge in [-0.3, -0.25) is 0 Å². The highest BCUT2D eigenvalue weighted by Gasteiger charge is 2.40. The quantitative estimate of drug-likeness (QED) is 0.282. The van der Waals surface area contributed by atoms with Crippen molar-refractivity contribution in [3.63, 3.8) is 0 Å². The maximum atomic E-state index is 13.4. The third kappa shape index (κ3) is 6.04. The lowest BCUT2D eigenvalue weighted by atomic mass is 10.1. The van der Waals surface area contributed by atoms with Gasteiger partial charge in [-0.1, -0.05) is 0 Å². The lowest BCUT2D eigenvalue weighted by Gasteiger charge is -2.14. The lowest BCUT2D eigenvalue weighted by molar-refractivity contribution is -0.143. The Hall–Kier alpha value is -2.51. The van der Waals surface area contributed by atoms with E-state index in [2.05, 4.69) is 9.97 Å². The number of benzene rings is 1. The molecule has 1 heterocycles. The second-order valence-electron chi connectivity index (χ2n) is 6.80. The summed E-state index contributed by atoms with van der Waals surface area (Å²) < 4.78 is 123. The van der Waals surface area contributed by atoms with Gasteiger partial charge in [0.1, 0.15) is 5.56 Å². The first-order chi connectivity index (χ1) is 14.6. The van der Waals surface area contributed by atoms with Crippen LogP contribution in [-0.4, -0.2) is 22.5 Å². The van der Waals surface area contributed by atoms with Gasteiger partial charge < -0.3 is 4.74 Å². The number of ether oxygens (including phenoxy) is 1. The van der Waals surface area contributed by atoms with E-state index in [9.17, 15) is 44.3 Å².